The molecule has 0 aliphatic heterocycles. The highest BCUT2D eigenvalue weighted by molar-refractivity contribution is 9.10. The Bertz CT molecular complexity index is 769. The normalized spacial score (nSPS) is 13.2. The van der Waals surface area contributed by atoms with E-state index in [4.69, 9.17) is 0 Å². The van der Waals surface area contributed by atoms with Gasteiger partial charge in [0, 0.05) is 15.9 Å². The minimum Gasteiger partial charge on any atom is -0.352 e. The molecule has 2 amide bonds. The van der Waals surface area contributed by atoms with Crippen LogP contribution >= 0.6 is 39.0 Å². The number of thioether (sulfide) groups is 1. The van der Waals surface area contributed by atoms with Gasteiger partial charge in [-0.3, -0.25) is 9.59 Å². The molecule has 0 spiro atoms. The van der Waals surface area contributed by atoms with E-state index in [1.165, 1.54) is 4.88 Å². The quantitative estimate of drug-likeness (QED) is 0.539. The summed E-state index contributed by atoms with van der Waals surface area (Å²) in [5, 5.41) is 7.95. The number of nitrogens with one attached hydrogen (secondary N) is 2. The van der Waals surface area contributed by atoms with Gasteiger partial charge < -0.3 is 15.5 Å². The highest BCUT2D eigenvalue weighted by Crippen LogP contribution is 2.22. The highest BCUT2D eigenvalue weighted by Gasteiger charge is 2.24. The Morgan fingerprint density at radius 1 is 1.21 bits per heavy atom. The monoisotopic (exact) mass is 483 g/mol. The van der Waals surface area contributed by atoms with Crippen molar-refractivity contribution in [2.45, 2.75) is 18.5 Å². The van der Waals surface area contributed by atoms with Crippen LogP contribution in [-0.4, -0.2) is 55.4 Å². The summed E-state index contributed by atoms with van der Waals surface area (Å²) in [4.78, 5) is 28.8. The average Bonchev–Trinajstić information content (AvgIpc) is 3.19. The zero-order chi connectivity index (χ0) is 20.5. The molecule has 0 fully saturated rings. The first-order valence-electron chi connectivity index (χ1n) is 8.96. The van der Waals surface area contributed by atoms with Crippen LogP contribution in [0.5, 0.6) is 0 Å². The van der Waals surface area contributed by atoms with Gasteiger partial charge in [0.15, 0.2) is 0 Å². The van der Waals surface area contributed by atoms with Gasteiger partial charge in [0.2, 0.25) is 5.91 Å². The predicted octanol–water partition coefficient (Wildman–Crippen LogP) is 3.78. The maximum absolute atomic E-state index is 12.8. The van der Waals surface area contributed by atoms with Crippen molar-refractivity contribution in [1.82, 2.24) is 15.5 Å². The fourth-order valence-corrected chi connectivity index (χ4v) is 4.58. The average molecular weight is 484 g/mol. The van der Waals surface area contributed by atoms with E-state index < -0.39 is 6.04 Å². The number of carbonyl (C=O) groups excluding carboxylic acids is 2. The molecule has 0 aliphatic rings. The molecule has 2 rings (SSSR count). The molecule has 5 nitrogen and oxygen atoms in total. The number of likely N-dealkylation sites (N-methyl/N-ethyl adjacent to an activating group) is 1. The molecule has 152 valence electrons. The third kappa shape index (κ3) is 6.62. The van der Waals surface area contributed by atoms with Crippen molar-refractivity contribution in [2.75, 3.05) is 32.6 Å². The lowest BCUT2D eigenvalue weighted by atomic mass is 10.1. The lowest BCUT2D eigenvalue weighted by molar-refractivity contribution is -0.123. The van der Waals surface area contributed by atoms with Gasteiger partial charge in [-0.2, -0.15) is 11.8 Å². The second kappa shape index (κ2) is 11.6. The van der Waals surface area contributed by atoms with Gasteiger partial charge in [0.05, 0.1) is 11.6 Å². The summed E-state index contributed by atoms with van der Waals surface area (Å²) in [6, 6.07) is 10.8. The first kappa shape index (κ1) is 22.9. The Hall–Kier alpha value is -1.35. The summed E-state index contributed by atoms with van der Waals surface area (Å²) in [6.45, 7) is 0.493. The first-order valence-corrected chi connectivity index (χ1v) is 12.0. The zero-order valence-corrected chi connectivity index (χ0v) is 19.5. The van der Waals surface area contributed by atoms with Crippen LogP contribution in [0.25, 0.3) is 0 Å². The predicted molar refractivity (Wildman–Crippen MR) is 122 cm³/mol. The van der Waals surface area contributed by atoms with Crippen molar-refractivity contribution in [3.63, 3.8) is 0 Å². The van der Waals surface area contributed by atoms with E-state index in [2.05, 4.69) is 37.5 Å². The Labute approximate surface area is 183 Å². The number of rotatable bonds is 10. The van der Waals surface area contributed by atoms with Gasteiger partial charge in [0.25, 0.3) is 5.91 Å². The lowest BCUT2D eigenvalue weighted by Crippen LogP contribution is -2.48. The number of hydrogen-bond acceptors (Lipinski definition) is 5. The standard InChI is InChI=1S/C20H26BrN3O2S2/c1-24(2)17(18-9-6-11-28-18)13-22-20(26)16(10-12-27-3)23-19(25)14-7-4-5-8-15(14)21/h4-9,11,16-17H,10,12-13H2,1-3H3,(H,22,26)(H,23,25). The van der Waals surface area contributed by atoms with E-state index in [9.17, 15) is 9.59 Å². The van der Waals surface area contributed by atoms with Gasteiger partial charge in [-0.05, 0) is 72.0 Å². The van der Waals surface area contributed by atoms with Crippen LogP contribution < -0.4 is 10.6 Å². The molecule has 1 heterocycles. The second-order valence-corrected chi connectivity index (χ2v) is 9.35. The molecule has 0 aliphatic carbocycles. The van der Waals surface area contributed by atoms with Crippen molar-refractivity contribution in [3.05, 3.63) is 56.7 Å². The second-order valence-electron chi connectivity index (χ2n) is 6.53. The molecule has 2 unspecified atom stereocenters. The van der Waals surface area contributed by atoms with Crippen LogP contribution in [0.1, 0.15) is 27.7 Å². The lowest BCUT2D eigenvalue weighted by Gasteiger charge is -2.25. The van der Waals surface area contributed by atoms with Crippen molar-refractivity contribution in [3.8, 4) is 0 Å². The Balaban J connectivity index is 2.03. The molecule has 0 radical (unpaired) electrons. The fraction of sp³-hybridized carbons (Fsp3) is 0.400. The number of halogens is 1. The maximum Gasteiger partial charge on any atom is 0.253 e. The van der Waals surface area contributed by atoms with E-state index in [0.717, 1.165) is 5.75 Å². The number of benzene rings is 1. The van der Waals surface area contributed by atoms with Crippen molar-refractivity contribution < 1.29 is 9.59 Å². The SMILES string of the molecule is CSCCC(NC(=O)c1ccccc1Br)C(=O)NCC(c1cccs1)N(C)C. The fourth-order valence-electron chi connectivity index (χ4n) is 2.72. The molecule has 1 aromatic carbocycles. The molecule has 8 heteroatoms. The minimum absolute atomic E-state index is 0.101. The molecule has 2 atom stereocenters. The molecule has 0 saturated carbocycles. The summed E-state index contributed by atoms with van der Waals surface area (Å²) in [7, 11) is 3.99. The number of nitrogens with zero attached hydrogens (tertiary/aromatic N) is 1. The summed E-state index contributed by atoms with van der Waals surface area (Å²) >= 11 is 6.72. The van der Waals surface area contributed by atoms with Gasteiger partial charge in [-0.25, -0.2) is 0 Å². The van der Waals surface area contributed by atoms with Crippen LogP contribution in [0.3, 0.4) is 0 Å². The van der Waals surface area contributed by atoms with E-state index >= 15 is 0 Å². The maximum atomic E-state index is 12.8. The van der Waals surface area contributed by atoms with Gasteiger partial charge in [-0.15, -0.1) is 11.3 Å². The molecular formula is C20H26BrN3O2S2. The Morgan fingerprint density at radius 3 is 2.57 bits per heavy atom. The van der Waals surface area contributed by atoms with Crippen molar-refractivity contribution in [1.29, 1.82) is 0 Å². The number of carbonyl (C=O) groups is 2. The Kier molecular flexibility index (Phi) is 9.50. The number of hydrogen-bond donors (Lipinski definition) is 2. The first-order chi connectivity index (χ1) is 13.4. The van der Waals surface area contributed by atoms with E-state index in [1.54, 1.807) is 35.2 Å². The number of amides is 2. The van der Waals surface area contributed by atoms with Gasteiger partial charge in [-0.1, -0.05) is 18.2 Å². The Morgan fingerprint density at radius 2 is 1.96 bits per heavy atom. The van der Waals surface area contributed by atoms with Crippen LogP contribution in [0, 0.1) is 0 Å². The molecule has 2 aromatic rings. The van der Waals surface area contributed by atoms with Crippen molar-refractivity contribution in [2.24, 2.45) is 0 Å². The summed E-state index contributed by atoms with van der Waals surface area (Å²) < 4.78 is 0.710. The molecular weight excluding hydrogens is 458 g/mol. The topological polar surface area (TPSA) is 61.4 Å². The summed E-state index contributed by atoms with van der Waals surface area (Å²) in [5.41, 5.74) is 0.522. The third-order valence-corrected chi connectivity index (χ3v) is 6.62. The summed E-state index contributed by atoms with van der Waals surface area (Å²) in [5.74, 6) is 0.380. The third-order valence-electron chi connectivity index (χ3n) is 4.32. The van der Waals surface area contributed by atoms with Crippen LogP contribution in [0.4, 0.5) is 0 Å². The largest absolute Gasteiger partial charge is 0.352 e. The van der Waals surface area contributed by atoms with Crippen LogP contribution in [0.15, 0.2) is 46.3 Å². The van der Waals surface area contributed by atoms with Crippen LogP contribution in [-0.2, 0) is 4.79 Å². The molecule has 0 bridgehead atoms. The smallest absolute Gasteiger partial charge is 0.253 e. The molecule has 1 aromatic heterocycles. The van der Waals surface area contributed by atoms with Gasteiger partial charge >= 0.3 is 0 Å². The molecule has 2 N–H and O–H groups in total. The van der Waals surface area contributed by atoms with E-state index in [1.807, 2.05) is 43.9 Å². The number of thiophene rings is 1. The summed E-state index contributed by atoms with van der Waals surface area (Å²) in [6.07, 6.45) is 2.57. The molecule has 28 heavy (non-hydrogen) atoms. The molecule has 0 saturated heterocycles. The minimum atomic E-state index is -0.571. The van der Waals surface area contributed by atoms with E-state index in [0.29, 0.717) is 23.0 Å². The zero-order valence-electron chi connectivity index (χ0n) is 16.3. The van der Waals surface area contributed by atoms with Crippen molar-refractivity contribution >= 4 is 50.8 Å². The van der Waals surface area contributed by atoms with Crippen LogP contribution in [0.2, 0.25) is 0 Å². The van der Waals surface area contributed by atoms with Gasteiger partial charge in [0.1, 0.15) is 6.04 Å². The highest BCUT2D eigenvalue weighted by atomic mass is 79.9. The van der Waals surface area contributed by atoms with E-state index in [-0.39, 0.29) is 17.9 Å².